The van der Waals surface area contributed by atoms with Crippen LogP contribution in [-0.2, 0) is 14.4 Å². The number of carbonyl (C=O) groups excluding carboxylic acids is 3. The molecule has 0 radical (unpaired) electrons. The number of amides is 3. The first kappa shape index (κ1) is 19.1. The van der Waals surface area contributed by atoms with Crippen LogP contribution in [0.4, 0.5) is 5.69 Å². The third kappa shape index (κ3) is 3.75. The number of likely N-dealkylation sites (tertiary alicyclic amines) is 1. The minimum Gasteiger partial charge on any atom is -0.366 e. The van der Waals surface area contributed by atoms with Gasteiger partial charge in [0.25, 0.3) is 11.8 Å². The van der Waals surface area contributed by atoms with Gasteiger partial charge in [-0.1, -0.05) is 19.1 Å². The van der Waals surface area contributed by atoms with Crippen LogP contribution in [0, 0.1) is 5.92 Å². The molecule has 1 unspecified atom stereocenters. The highest BCUT2D eigenvalue weighted by Gasteiger charge is 2.43. The van der Waals surface area contributed by atoms with E-state index in [9.17, 15) is 14.4 Å². The number of rotatable bonds is 4. The number of hydrogen-bond donors (Lipinski definition) is 1. The molecule has 144 valence electrons. The molecule has 1 saturated heterocycles. The van der Waals surface area contributed by atoms with E-state index in [2.05, 4.69) is 17.1 Å². The Morgan fingerprint density at radius 1 is 1.15 bits per heavy atom. The van der Waals surface area contributed by atoms with Gasteiger partial charge in [-0.05, 0) is 50.3 Å². The molecule has 2 heterocycles. The van der Waals surface area contributed by atoms with E-state index in [0.29, 0.717) is 28.4 Å². The average Bonchev–Trinajstić information content (AvgIpc) is 2.85. The molecule has 3 amide bonds. The van der Waals surface area contributed by atoms with Crippen molar-refractivity contribution >= 4 is 29.0 Å². The zero-order chi connectivity index (χ0) is 19.7. The van der Waals surface area contributed by atoms with Gasteiger partial charge in [-0.3, -0.25) is 19.3 Å². The second kappa shape index (κ2) is 7.55. The van der Waals surface area contributed by atoms with Gasteiger partial charge in [-0.25, -0.2) is 0 Å². The smallest absolute Gasteiger partial charge is 0.278 e. The minimum atomic E-state index is -0.240. The molecule has 1 N–H and O–H groups in total. The predicted octanol–water partition coefficient (Wildman–Crippen LogP) is 2.87. The van der Waals surface area contributed by atoms with Crippen molar-refractivity contribution in [1.29, 1.82) is 0 Å². The molecule has 1 aromatic carbocycles. The molecule has 0 saturated carbocycles. The molecule has 0 spiro atoms. The van der Waals surface area contributed by atoms with Gasteiger partial charge >= 0.3 is 0 Å². The third-order valence-corrected chi connectivity index (χ3v) is 5.07. The fourth-order valence-corrected chi connectivity index (χ4v) is 3.87. The molecular weight excluding hydrogens is 342 g/mol. The molecule has 6 heteroatoms. The Balaban J connectivity index is 2.04. The quantitative estimate of drug-likeness (QED) is 0.829. The van der Waals surface area contributed by atoms with Crippen LogP contribution in [0.1, 0.15) is 46.1 Å². The summed E-state index contributed by atoms with van der Waals surface area (Å²) in [5.41, 5.74) is 2.36. The second-order valence-electron chi connectivity index (χ2n) is 7.75. The number of anilines is 1. The van der Waals surface area contributed by atoms with Crippen molar-refractivity contribution in [2.45, 2.75) is 46.6 Å². The second-order valence-corrected chi connectivity index (χ2v) is 7.75. The Bertz CT molecular complexity index is 795. The molecule has 1 fully saturated rings. The standard InChI is InChI=1S/C21H27N3O3/c1-13(2)24-20(26)18(16-7-9-17(10-8-16)22-15(4)25)19(21(24)27)23-11-5-6-14(3)12-23/h7-10,13-14H,5-6,11-12H2,1-4H3,(H,22,25). The van der Waals surface area contributed by atoms with E-state index in [0.717, 1.165) is 25.9 Å². The van der Waals surface area contributed by atoms with E-state index >= 15 is 0 Å². The lowest BCUT2D eigenvalue weighted by molar-refractivity contribution is -0.139. The molecule has 3 rings (SSSR count). The zero-order valence-electron chi connectivity index (χ0n) is 16.4. The Morgan fingerprint density at radius 3 is 2.37 bits per heavy atom. The first-order valence-corrected chi connectivity index (χ1v) is 9.54. The highest BCUT2D eigenvalue weighted by atomic mass is 16.2. The van der Waals surface area contributed by atoms with Crippen LogP contribution >= 0.6 is 0 Å². The number of benzene rings is 1. The summed E-state index contributed by atoms with van der Waals surface area (Å²) in [4.78, 5) is 40.9. The van der Waals surface area contributed by atoms with Gasteiger partial charge in [0.05, 0.1) is 5.57 Å². The van der Waals surface area contributed by atoms with Crippen LogP contribution in [0.2, 0.25) is 0 Å². The number of hydrogen-bond acceptors (Lipinski definition) is 4. The molecule has 0 bridgehead atoms. The predicted molar refractivity (Wildman–Crippen MR) is 105 cm³/mol. The molecule has 2 aliphatic heterocycles. The van der Waals surface area contributed by atoms with E-state index in [1.165, 1.54) is 11.8 Å². The molecule has 1 aromatic rings. The van der Waals surface area contributed by atoms with Crippen LogP contribution in [0.5, 0.6) is 0 Å². The first-order valence-electron chi connectivity index (χ1n) is 9.54. The van der Waals surface area contributed by atoms with Gasteiger partial charge in [0, 0.05) is 31.7 Å². The highest BCUT2D eigenvalue weighted by Crippen LogP contribution is 2.35. The number of nitrogens with zero attached hydrogens (tertiary/aromatic N) is 2. The van der Waals surface area contributed by atoms with Gasteiger partial charge < -0.3 is 10.2 Å². The Labute approximate surface area is 160 Å². The Hall–Kier alpha value is -2.63. The molecule has 0 aliphatic carbocycles. The monoisotopic (exact) mass is 369 g/mol. The van der Waals surface area contributed by atoms with Gasteiger partial charge in [0.15, 0.2) is 0 Å². The average molecular weight is 369 g/mol. The van der Waals surface area contributed by atoms with Gasteiger partial charge in [-0.2, -0.15) is 0 Å². The molecular formula is C21H27N3O3. The van der Waals surface area contributed by atoms with Gasteiger partial charge in [0.2, 0.25) is 5.91 Å². The lowest BCUT2D eigenvalue weighted by atomic mass is 9.97. The molecule has 1 atom stereocenters. The summed E-state index contributed by atoms with van der Waals surface area (Å²) in [6, 6.07) is 6.91. The van der Waals surface area contributed by atoms with E-state index in [4.69, 9.17) is 0 Å². The number of piperidine rings is 1. The minimum absolute atomic E-state index is 0.150. The number of carbonyl (C=O) groups is 3. The van der Waals surface area contributed by atoms with Crippen molar-refractivity contribution in [2.75, 3.05) is 18.4 Å². The summed E-state index contributed by atoms with van der Waals surface area (Å²) in [6.45, 7) is 8.91. The van der Waals surface area contributed by atoms with Gasteiger partial charge in [0.1, 0.15) is 5.70 Å². The zero-order valence-corrected chi connectivity index (χ0v) is 16.4. The summed E-state index contributed by atoms with van der Waals surface area (Å²) in [6.07, 6.45) is 2.16. The fourth-order valence-electron chi connectivity index (χ4n) is 3.87. The normalized spacial score (nSPS) is 20.7. The van der Waals surface area contributed by atoms with Crippen molar-refractivity contribution in [3.63, 3.8) is 0 Å². The van der Waals surface area contributed by atoms with Crippen LogP contribution in [-0.4, -0.2) is 46.7 Å². The van der Waals surface area contributed by atoms with E-state index < -0.39 is 0 Å². The maximum absolute atomic E-state index is 13.1. The summed E-state index contributed by atoms with van der Waals surface area (Å²) < 4.78 is 0. The van der Waals surface area contributed by atoms with Crippen LogP contribution in [0.25, 0.3) is 5.57 Å². The largest absolute Gasteiger partial charge is 0.366 e. The molecule has 6 nitrogen and oxygen atoms in total. The van der Waals surface area contributed by atoms with Crippen molar-refractivity contribution in [1.82, 2.24) is 9.80 Å². The van der Waals surface area contributed by atoms with Crippen molar-refractivity contribution in [3.8, 4) is 0 Å². The Morgan fingerprint density at radius 2 is 1.81 bits per heavy atom. The van der Waals surface area contributed by atoms with E-state index in [-0.39, 0.29) is 23.8 Å². The summed E-state index contributed by atoms with van der Waals surface area (Å²) in [5, 5.41) is 2.72. The molecule has 0 aromatic heterocycles. The highest BCUT2D eigenvalue weighted by molar-refractivity contribution is 6.35. The van der Waals surface area contributed by atoms with Gasteiger partial charge in [-0.15, -0.1) is 0 Å². The lowest BCUT2D eigenvalue weighted by Crippen LogP contribution is -2.41. The van der Waals surface area contributed by atoms with Crippen molar-refractivity contribution in [3.05, 3.63) is 35.5 Å². The number of imide groups is 1. The topological polar surface area (TPSA) is 69.7 Å². The van der Waals surface area contributed by atoms with E-state index in [1.807, 2.05) is 13.8 Å². The summed E-state index contributed by atoms with van der Waals surface area (Å²) in [5.74, 6) is -0.103. The van der Waals surface area contributed by atoms with Crippen LogP contribution in [0.3, 0.4) is 0 Å². The Kier molecular flexibility index (Phi) is 5.35. The van der Waals surface area contributed by atoms with Crippen LogP contribution in [0.15, 0.2) is 30.0 Å². The summed E-state index contributed by atoms with van der Waals surface area (Å²) >= 11 is 0. The maximum Gasteiger partial charge on any atom is 0.278 e. The van der Waals surface area contributed by atoms with Crippen molar-refractivity contribution in [2.24, 2.45) is 5.92 Å². The lowest BCUT2D eigenvalue weighted by Gasteiger charge is -2.33. The number of nitrogens with one attached hydrogen (secondary N) is 1. The summed E-state index contributed by atoms with van der Waals surface area (Å²) in [7, 11) is 0. The van der Waals surface area contributed by atoms with Crippen LogP contribution < -0.4 is 5.32 Å². The fraction of sp³-hybridized carbons (Fsp3) is 0.476. The van der Waals surface area contributed by atoms with E-state index in [1.54, 1.807) is 24.3 Å². The molecule has 2 aliphatic rings. The third-order valence-electron chi connectivity index (χ3n) is 5.07. The first-order chi connectivity index (χ1) is 12.8. The maximum atomic E-state index is 13.1. The van der Waals surface area contributed by atoms with Crippen molar-refractivity contribution < 1.29 is 14.4 Å². The SMILES string of the molecule is CC(=O)Nc1ccc(C2=C(N3CCCC(C)C3)C(=O)N(C(C)C)C2=O)cc1. The molecule has 27 heavy (non-hydrogen) atoms.